The molecule has 2 aromatic carbocycles. The Morgan fingerprint density at radius 3 is 2.54 bits per heavy atom. The topological polar surface area (TPSA) is 53.6 Å². The summed E-state index contributed by atoms with van der Waals surface area (Å²) in [5.74, 6) is -0.282. The molecule has 24 heavy (non-hydrogen) atoms. The first kappa shape index (κ1) is 15.7. The molecule has 0 saturated heterocycles. The maximum absolute atomic E-state index is 13.8. The summed E-state index contributed by atoms with van der Waals surface area (Å²) in [6.07, 6.45) is 3.43. The summed E-state index contributed by atoms with van der Waals surface area (Å²) in [7, 11) is 1.83. The molecular weight excluding hydrogens is 310 g/mol. The largest absolute Gasteiger partial charge is 0.370 e. The van der Waals surface area contributed by atoms with Crippen molar-refractivity contribution in [3.8, 4) is 6.07 Å². The van der Waals surface area contributed by atoms with Crippen LogP contribution in [0.2, 0.25) is 0 Å². The summed E-state index contributed by atoms with van der Waals surface area (Å²) in [5.41, 5.74) is 1.03. The number of anilines is 1. The molecule has 0 spiro atoms. The van der Waals surface area contributed by atoms with Crippen molar-refractivity contribution in [1.29, 1.82) is 5.26 Å². The average Bonchev–Trinajstić information content (AvgIpc) is 2.99. The van der Waals surface area contributed by atoms with Crippen molar-refractivity contribution < 1.29 is 8.78 Å². The van der Waals surface area contributed by atoms with Gasteiger partial charge in [-0.05, 0) is 29.8 Å². The summed E-state index contributed by atoms with van der Waals surface area (Å²) in [4.78, 5) is 4.32. The summed E-state index contributed by atoms with van der Waals surface area (Å²) < 4.78 is 28.9. The first-order valence-corrected chi connectivity index (χ1v) is 7.28. The number of nitrogens with one attached hydrogen (secondary N) is 1. The van der Waals surface area contributed by atoms with Crippen molar-refractivity contribution in [3.63, 3.8) is 0 Å². The van der Waals surface area contributed by atoms with Gasteiger partial charge in [-0.1, -0.05) is 18.2 Å². The number of halogens is 2. The van der Waals surface area contributed by atoms with E-state index < -0.39 is 11.9 Å². The molecule has 1 N–H and O–H groups in total. The monoisotopic (exact) mass is 324 g/mol. The number of nitrogens with zero attached hydrogens (tertiary/aromatic N) is 3. The molecule has 0 saturated carbocycles. The molecule has 3 aromatic rings. The van der Waals surface area contributed by atoms with Crippen LogP contribution in [0.15, 0.2) is 54.9 Å². The van der Waals surface area contributed by atoms with Gasteiger partial charge in [0, 0.05) is 19.4 Å². The number of aromatic nitrogens is 2. The van der Waals surface area contributed by atoms with Crippen molar-refractivity contribution >= 4 is 5.69 Å². The van der Waals surface area contributed by atoms with Gasteiger partial charge < -0.3 is 9.88 Å². The third-order valence-electron chi connectivity index (χ3n) is 3.75. The number of aryl methyl sites for hydroxylation is 1. The van der Waals surface area contributed by atoms with E-state index >= 15 is 0 Å². The minimum absolute atomic E-state index is 0.0705. The lowest BCUT2D eigenvalue weighted by atomic mass is 10.0. The fraction of sp³-hybridized carbons (Fsp3) is 0.111. The standard InChI is InChI=1S/C18H14F2N4/c1-24-10-9-22-18(24)17(12-5-7-13(19)8-6-12)23-16-4-2-3-15(20)14(16)11-21/h2-10,17,23H,1H3. The second-order valence-electron chi connectivity index (χ2n) is 5.30. The zero-order chi connectivity index (χ0) is 17.1. The lowest BCUT2D eigenvalue weighted by Crippen LogP contribution is -2.17. The molecule has 0 aliphatic carbocycles. The Kier molecular flexibility index (Phi) is 4.25. The van der Waals surface area contributed by atoms with E-state index in [1.165, 1.54) is 24.3 Å². The van der Waals surface area contributed by atoms with Crippen molar-refractivity contribution in [2.75, 3.05) is 5.32 Å². The number of benzene rings is 2. The Morgan fingerprint density at radius 2 is 1.92 bits per heavy atom. The molecule has 0 aliphatic heterocycles. The van der Waals surface area contributed by atoms with Crippen LogP contribution >= 0.6 is 0 Å². The highest BCUT2D eigenvalue weighted by molar-refractivity contribution is 5.59. The van der Waals surface area contributed by atoms with Crippen LogP contribution in [0.4, 0.5) is 14.5 Å². The smallest absolute Gasteiger partial charge is 0.143 e. The van der Waals surface area contributed by atoms with Crippen LogP contribution in [0, 0.1) is 23.0 Å². The number of hydrogen-bond acceptors (Lipinski definition) is 3. The Balaban J connectivity index is 2.07. The highest BCUT2D eigenvalue weighted by Crippen LogP contribution is 2.28. The van der Waals surface area contributed by atoms with Crippen molar-refractivity contribution in [2.24, 2.45) is 7.05 Å². The number of nitriles is 1. The number of hydrogen-bond donors (Lipinski definition) is 1. The summed E-state index contributed by atoms with van der Waals surface area (Å²) in [5, 5.41) is 12.4. The van der Waals surface area contributed by atoms with Gasteiger partial charge in [0.2, 0.25) is 0 Å². The van der Waals surface area contributed by atoms with Gasteiger partial charge in [0.1, 0.15) is 35.1 Å². The molecule has 3 rings (SSSR count). The van der Waals surface area contributed by atoms with E-state index in [4.69, 9.17) is 0 Å². The van der Waals surface area contributed by atoms with Crippen LogP contribution in [0.1, 0.15) is 23.0 Å². The number of imidazole rings is 1. The summed E-state index contributed by atoms with van der Waals surface area (Å²) in [6, 6.07) is 11.8. The van der Waals surface area contributed by atoms with Gasteiger partial charge in [0.15, 0.2) is 0 Å². The van der Waals surface area contributed by atoms with Gasteiger partial charge in [0.05, 0.1) is 5.69 Å². The molecule has 120 valence electrons. The van der Waals surface area contributed by atoms with Gasteiger partial charge in [0.25, 0.3) is 0 Å². The molecule has 0 radical (unpaired) electrons. The van der Waals surface area contributed by atoms with E-state index in [1.54, 1.807) is 30.6 Å². The van der Waals surface area contributed by atoms with Crippen LogP contribution in [-0.4, -0.2) is 9.55 Å². The van der Waals surface area contributed by atoms with Gasteiger partial charge in [-0.25, -0.2) is 13.8 Å². The Hall–Kier alpha value is -3.20. The first-order chi connectivity index (χ1) is 11.6. The number of rotatable bonds is 4. The molecule has 1 aromatic heterocycles. The second-order valence-corrected chi connectivity index (χ2v) is 5.30. The van der Waals surface area contributed by atoms with Crippen LogP contribution < -0.4 is 5.32 Å². The Bertz CT molecular complexity index is 894. The zero-order valence-electron chi connectivity index (χ0n) is 12.9. The van der Waals surface area contributed by atoms with Crippen molar-refractivity contribution in [3.05, 3.63) is 83.4 Å². The van der Waals surface area contributed by atoms with E-state index in [-0.39, 0.29) is 11.4 Å². The minimum Gasteiger partial charge on any atom is -0.370 e. The third-order valence-corrected chi connectivity index (χ3v) is 3.75. The van der Waals surface area contributed by atoms with Crippen LogP contribution in [-0.2, 0) is 7.05 Å². The predicted octanol–water partition coefficient (Wildman–Crippen LogP) is 3.77. The van der Waals surface area contributed by atoms with E-state index in [9.17, 15) is 14.0 Å². The fourth-order valence-corrected chi connectivity index (χ4v) is 2.52. The van der Waals surface area contributed by atoms with E-state index in [0.29, 0.717) is 11.5 Å². The van der Waals surface area contributed by atoms with Crippen LogP contribution in [0.3, 0.4) is 0 Å². The molecule has 1 unspecified atom stereocenters. The molecular formula is C18H14F2N4. The molecule has 1 heterocycles. The SMILES string of the molecule is Cn1ccnc1C(Nc1cccc(F)c1C#N)c1ccc(F)cc1. The van der Waals surface area contributed by atoms with Gasteiger partial charge in [-0.3, -0.25) is 0 Å². The summed E-state index contributed by atoms with van der Waals surface area (Å²) in [6.45, 7) is 0. The van der Waals surface area contributed by atoms with Gasteiger partial charge >= 0.3 is 0 Å². The van der Waals surface area contributed by atoms with Crippen molar-refractivity contribution in [2.45, 2.75) is 6.04 Å². The molecule has 0 fully saturated rings. The lowest BCUT2D eigenvalue weighted by Gasteiger charge is -2.21. The maximum Gasteiger partial charge on any atom is 0.143 e. The molecule has 0 aliphatic rings. The highest BCUT2D eigenvalue weighted by atomic mass is 19.1. The Morgan fingerprint density at radius 1 is 1.17 bits per heavy atom. The quantitative estimate of drug-likeness (QED) is 0.795. The van der Waals surface area contributed by atoms with Gasteiger partial charge in [-0.15, -0.1) is 0 Å². The summed E-state index contributed by atoms with van der Waals surface area (Å²) >= 11 is 0. The lowest BCUT2D eigenvalue weighted by molar-refractivity contribution is 0.623. The van der Waals surface area contributed by atoms with Gasteiger partial charge in [-0.2, -0.15) is 5.26 Å². The third kappa shape index (κ3) is 2.97. The second kappa shape index (κ2) is 6.50. The minimum atomic E-state index is -0.597. The molecule has 0 amide bonds. The zero-order valence-corrected chi connectivity index (χ0v) is 12.9. The molecule has 1 atom stereocenters. The maximum atomic E-state index is 13.8. The van der Waals surface area contributed by atoms with E-state index in [1.807, 2.05) is 17.7 Å². The fourth-order valence-electron chi connectivity index (χ4n) is 2.52. The average molecular weight is 324 g/mol. The predicted molar refractivity (Wildman–Crippen MR) is 86.2 cm³/mol. The first-order valence-electron chi connectivity index (χ1n) is 7.28. The molecule has 0 bridgehead atoms. The molecule has 6 heteroatoms. The van der Waals surface area contributed by atoms with Crippen LogP contribution in [0.25, 0.3) is 0 Å². The van der Waals surface area contributed by atoms with Crippen molar-refractivity contribution in [1.82, 2.24) is 9.55 Å². The molecule has 4 nitrogen and oxygen atoms in total. The highest BCUT2D eigenvalue weighted by Gasteiger charge is 2.20. The normalized spacial score (nSPS) is 11.8. The van der Waals surface area contributed by atoms with E-state index in [2.05, 4.69) is 10.3 Å². The Labute approximate surface area is 138 Å². The van der Waals surface area contributed by atoms with Crippen LogP contribution in [0.5, 0.6) is 0 Å². The van der Waals surface area contributed by atoms with E-state index in [0.717, 1.165) is 5.56 Å².